The number of hydrogen-bond acceptors (Lipinski definition) is 3. The molecule has 1 fully saturated rings. The van der Waals surface area contributed by atoms with Crippen LogP contribution in [0.2, 0.25) is 0 Å². The maximum atomic E-state index is 2.92. The average Bonchev–Trinajstić information content (AvgIpc) is 2.32. The summed E-state index contributed by atoms with van der Waals surface area (Å²) in [6.45, 7) is 25.1. The number of nitrogens with zero attached hydrogens (tertiary/aromatic N) is 3. The van der Waals surface area contributed by atoms with E-state index in [0.29, 0.717) is 11.7 Å². The molecule has 1 radical (unpaired) electrons. The van der Waals surface area contributed by atoms with Crippen molar-refractivity contribution in [2.75, 3.05) is 19.6 Å². The fourth-order valence-electron chi connectivity index (χ4n) is 3.40. The molecule has 1 rings (SSSR count). The van der Waals surface area contributed by atoms with Crippen LogP contribution in [0.5, 0.6) is 0 Å². The van der Waals surface area contributed by atoms with Crippen LogP contribution < -0.4 is 0 Å². The molecule has 0 aromatic rings. The molecule has 0 spiro atoms. The van der Waals surface area contributed by atoms with Crippen LogP contribution in [0.15, 0.2) is 0 Å². The van der Waals surface area contributed by atoms with Gasteiger partial charge in [0.1, 0.15) is 0 Å². The summed E-state index contributed by atoms with van der Waals surface area (Å²) >= 11 is -1.84. The predicted octanol–water partition coefficient (Wildman–Crippen LogP) is 3.76. The molecular weight excluding hydrogens is 365 g/mol. The van der Waals surface area contributed by atoms with Crippen LogP contribution in [0.4, 0.5) is 0 Å². The third kappa shape index (κ3) is 4.82. The Labute approximate surface area is 141 Å². The van der Waals surface area contributed by atoms with Crippen molar-refractivity contribution in [1.82, 2.24) is 9.36 Å². The molecule has 0 amide bonds. The second-order valence-electron chi connectivity index (χ2n) is 8.20. The van der Waals surface area contributed by atoms with E-state index in [2.05, 4.69) is 71.7 Å². The van der Waals surface area contributed by atoms with E-state index >= 15 is 0 Å². The fourth-order valence-corrected chi connectivity index (χ4v) is 14.5. The molecule has 0 unspecified atom stereocenters. The van der Waals surface area contributed by atoms with Gasteiger partial charge in [-0.3, -0.25) is 0 Å². The quantitative estimate of drug-likeness (QED) is 0.600. The molecule has 1 aliphatic rings. The van der Waals surface area contributed by atoms with Gasteiger partial charge in [-0.05, 0) is 0 Å². The summed E-state index contributed by atoms with van der Waals surface area (Å²) in [7, 11) is 0. The zero-order valence-corrected chi connectivity index (χ0v) is 18.8. The monoisotopic (exact) mass is 404 g/mol. The van der Waals surface area contributed by atoms with E-state index in [1.54, 1.807) is 0 Å². The van der Waals surface area contributed by atoms with Crippen molar-refractivity contribution < 1.29 is 0 Å². The third-order valence-electron chi connectivity index (χ3n) is 4.09. The van der Waals surface area contributed by atoms with Gasteiger partial charge in [0.15, 0.2) is 0 Å². The van der Waals surface area contributed by atoms with E-state index in [1.807, 2.05) is 0 Å². The summed E-state index contributed by atoms with van der Waals surface area (Å²) in [5.41, 5.74) is 0.298. The molecule has 1 heterocycles. The SMILES string of the molecule is CCC1[N](CC(C)C)[Sn]([N](CC)C(C)(C)C)[N]1CC(C)C. The molecule has 0 aromatic heterocycles. The second kappa shape index (κ2) is 7.98. The van der Waals surface area contributed by atoms with E-state index in [-0.39, 0.29) is 0 Å². The molecule has 0 aromatic carbocycles. The van der Waals surface area contributed by atoms with Crippen LogP contribution in [-0.4, -0.2) is 61.3 Å². The van der Waals surface area contributed by atoms with Gasteiger partial charge in [0.05, 0.1) is 0 Å². The van der Waals surface area contributed by atoms with Crippen molar-refractivity contribution in [3.05, 3.63) is 0 Å². The van der Waals surface area contributed by atoms with Crippen LogP contribution in [0.25, 0.3) is 0 Å². The number of hydrogen-bond donors (Lipinski definition) is 0. The zero-order chi connectivity index (χ0) is 16.4. The van der Waals surface area contributed by atoms with Crippen molar-refractivity contribution in [1.29, 1.82) is 0 Å². The Bertz CT molecular complexity index is 294. The number of rotatable bonds is 7. The molecule has 125 valence electrons. The molecule has 1 saturated heterocycles. The zero-order valence-electron chi connectivity index (χ0n) is 15.9. The first-order valence-corrected chi connectivity index (χ1v) is 12.6. The average molecular weight is 403 g/mol. The summed E-state index contributed by atoms with van der Waals surface area (Å²) < 4.78 is 8.69. The van der Waals surface area contributed by atoms with Gasteiger partial charge >= 0.3 is 142 Å². The molecule has 0 N–H and O–H groups in total. The second-order valence-corrected chi connectivity index (χ2v) is 14.7. The Kier molecular flexibility index (Phi) is 7.50. The van der Waals surface area contributed by atoms with Gasteiger partial charge in [-0.15, -0.1) is 0 Å². The van der Waals surface area contributed by atoms with Crippen molar-refractivity contribution in [3.63, 3.8) is 0 Å². The van der Waals surface area contributed by atoms with Crippen LogP contribution in [0.3, 0.4) is 0 Å². The van der Waals surface area contributed by atoms with Gasteiger partial charge in [-0.2, -0.15) is 0 Å². The van der Waals surface area contributed by atoms with Crippen molar-refractivity contribution in [2.24, 2.45) is 11.8 Å². The molecule has 3 nitrogen and oxygen atoms in total. The van der Waals surface area contributed by atoms with E-state index < -0.39 is 20.6 Å². The topological polar surface area (TPSA) is 9.72 Å². The van der Waals surface area contributed by atoms with E-state index in [4.69, 9.17) is 0 Å². The summed E-state index contributed by atoms with van der Waals surface area (Å²) in [6.07, 6.45) is 1.98. The summed E-state index contributed by atoms with van der Waals surface area (Å²) in [4.78, 5) is 0. The van der Waals surface area contributed by atoms with Crippen molar-refractivity contribution in [2.45, 2.75) is 80.4 Å². The fraction of sp³-hybridized carbons (Fsp3) is 1.00. The third-order valence-corrected chi connectivity index (χ3v) is 14.0. The molecule has 4 heteroatoms. The Morgan fingerprint density at radius 3 is 1.62 bits per heavy atom. The molecule has 21 heavy (non-hydrogen) atoms. The van der Waals surface area contributed by atoms with Crippen LogP contribution in [-0.2, 0) is 0 Å². The van der Waals surface area contributed by atoms with E-state index in [9.17, 15) is 0 Å². The molecular formula is C17H38N3Sn. The molecule has 0 saturated carbocycles. The van der Waals surface area contributed by atoms with Gasteiger partial charge in [-0.25, -0.2) is 0 Å². The van der Waals surface area contributed by atoms with Gasteiger partial charge < -0.3 is 0 Å². The van der Waals surface area contributed by atoms with Gasteiger partial charge in [0.25, 0.3) is 0 Å². The van der Waals surface area contributed by atoms with E-state index in [1.165, 1.54) is 26.1 Å². The molecule has 0 bridgehead atoms. The van der Waals surface area contributed by atoms with Gasteiger partial charge in [-0.1, -0.05) is 0 Å². The molecule has 0 atom stereocenters. The van der Waals surface area contributed by atoms with Crippen molar-refractivity contribution in [3.8, 4) is 0 Å². The Morgan fingerprint density at radius 2 is 1.38 bits per heavy atom. The maximum absolute atomic E-state index is 2.92. The van der Waals surface area contributed by atoms with Gasteiger partial charge in [0.2, 0.25) is 0 Å². The van der Waals surface area contributed by atoms with Crippen LogP contribution in [0, 0.1) is 11.8 Å². The van der Waals surface area contributed by atoms with Gasteiger partial charge in [0, 0.05) is 0 Å². The first-order chi connectivity index (χ1) is 9.63. The van der Waals surface area contributed by atoms with Crippen molar-refractivity contribution >= 4 is 20.6 Å². The normalized spacial score (nSPS) is 20.0. The Hall–Kier alpha value is 0.679. The summed E-state index contributed by atoms with van der Waals surface area (Å²) in [6, 6.07) is 0. The molecule has 0 aliphatic carbocycles. The first-order valence-electron chi connectivity index (χ1n) is 8.81. The van der Waals surface area contributed by atoms with Crippen LogP contribution in [0.1, 0.15) is 68.7 Å². The first kappa shape index (κ1) is 19.7. The Balaban J connectivity index is 2.99. The summed E-state index contributed by atoms with van der Waals surface area (Å²) in [5, 5.41) is 0. The molecule has 1 aliphatic heterocycles. The predicted molar refractivity (Wildman–Crippen MR) is 95.1 cm³/mol. The van der Waals surface area contributed by atoms with E-state index in [0.717, 1.165) is 11.8 Å². The minimum absolute atomic E-state index is 0.298. The van der Waals surface area contributed by atoms with Crippen LogP contribution >= 0.6 is 0 Å². The minimum atomic E-state index is -1.84. The summed E-state index contributed by atoms with van der Waals surface area (Å²) in [5.74, 6) is 1.55. The Morgan fingerprint density at radius 1 is 0.952 bits per heavy atom. The standard InChI is InChI=1S/C11H24N2.C6H14N.Sn/c1-6-11(12-7-9(2)3)13-8-10(4)5;1-5-7-6(2,3)4;/h9-11H,6-8H2,1-5H3;5H2,1-4H3;/q-2;-1;+3.